The van der Waals surface area contributed by atoms with Crippen LogP contribution in [0.2, 0.25) is 0 Å². The highest BCUT2D eigenvalue weighted by atomic mass is 32.1. The van der Waals surface area contributed by atoms with Gasteiger partial charge in [-0.3, -0.25) is 9.69 Å². The largest absolute Gasteiger partial charge is 0.477 e. The van der Waals surface area contributed by atoms with E-state index in [4.69, 9.17) is 0 Å². The number of aromatic nitrogens is 2. The van der Waals surface area contributed by atoms with Crippen LogP contribution in [0, 0.1) is 11.8 Å². The molecule has 1 saturated carbocycles. The monoisotopic (exact) mass is 375 g/mol. The maximum atomic E-state index is 13.2. The molecule has 3 rings (SSSR count). The molecule has 26 heavy (non-hydrogen) atoms. The quantitative estimate of drug-likeness (QED) is 0.850. The van der Waals surface area contributed by atoms with E-state index in [2.05, 4.69) is 12.0 Å². The summed E-state index contributed by atoms with van der Waals surface area (Å²) in [5.74, 6) is -0.245. The predicted molar refractivity (Wildman–Crippen MR) is 102 cm³/mol. The SMILES string of the molecule is CC(C)N(c1nn(-c2ccsc2)cc1C(=O)O)C(=O)[C@H]1CC[C@H](C)CC1. The summed E-state index contributed by atoms with van der Waals surface area (Å²) in [5.41, 5.74) is 0.855. The van der Waals surface area contributed by atoms with Crippen molar-refractivity contribution in [1.29, 1.82) is 0 Å². The zero-order valence-corrected chi connectivity index (χ0v) is 16.2. The van der Waals surface area contributed by atoms with Gasteiger partial charge in [0, 0.05) is 23.5 Å². The third kappa shape index (κ3) is 3.67. The minimum atomic E-state index is -1.07. The summed E-state index contributed by atoms with van der Waals surface area (Å²) in [5, 5.41) is 17.9. The first-order chi connectivity index (χ1) is 12.4. The van der Waals surface area contributed by atoms with Crippen LogP contribution in [-0.4, -0.2) is 32.8 Å². The molecule has 7 heteroatoms. The second-order valence-electron chi connectivity index (χ2n) is 7.36. The average Bonchev–Trinajstić information content (AvgIpc) is 3.24. The van der Waals surface area contributed by atoms with Crippen LogP contribution in [0.4, 0.5) is 5.82 Å². The Morgan fingerprint density at radius 2 is 2.00 bits per heavy atom. The molecule has 0 bridgehead atoms. The number of hydrogen-bond donors (Lipinski definition) is 1. The van der Waals surface area contributed by atoms with Crippen LogP contribution in [0.1, 0.15) is 56.8 Å². The van der Waals surface area contributed by atoms with Gasteiger partial charge in [0.1, 0.15) is 5.56 Å². The smallest absolute Gasteiger partial charge is 0.341 e. The van der Waals surface area contributed by atoms with Crippen molar-refractivity contribution in [3.63, 3.8) is 0 Å². The molecule has 2 aromatic heterocycles. The lowest BCUT2D eigenvalue weighted by molar-refractivity contribution is -0.123. The molecular weight excluding hydrogens is 350 g/mol. The lowest BCUT2D eigenvalue weighted by Crippen LogP contribution is -2.43. The van der Waals surface area contributed by atoms with Gasteiger partial charge >= 0.3 is 5.97 Å². The standard InChI is InChI=1S/C19H25N3O3S/c1-12(2)22(18(23)14-6-4-13(3)5-7-14)17-16(19(24)25)10-21(20-17)15-8-9-26-11-15/h8-14H,4-7H2,1-3H3,(H,24,25)/t13-,14-. The lowest BCUT2D eigenvalue weighted by Gasteiger charge is -2.32. The van der Waals surface area contributed by atoms with Crippen LogP contribution in [-0.2, 0) is 4.79 Å². The summed E-state index contributed by atoms with van der Waals surface area (Å²) >= 11 is 1.51. The molecule has 6 nitrogen and oxygen atoms in total. The van der Waals surface area contributed by atoms with Crippen LogP contribution in [0.25, 0.3) is 5.69 Å². The summed E-state index contributed by atoms with van der Waals surface area (Å²) in [6.45, 7) is 6.02. The first kappa shape index (κ1) is 18.6. The number of thiophene rings is 1. The van der Waals surface area contributed by atoms with Gasteiger partial charge in [-0.05, 0) is 56.9 Å². The minimum Gasteiger partial charge on any atom is -0.477 e. The van der Waals surface area contributed by atoms with Crippen LogP contribution in [0.15, 0.2) is 23.0 Å². The van der Waals surface area contributed by atoms with Gasteiger partial charge < -0.3 is 5.11 Å². The Morgan fingerprint density at radius 3 is 2.54 bits per heavy atom. The molecule has 0 spiro atoms. The fourth-order valence-electron chi connectivity index (χ4n) is 3.52. The highest BCUT2D eigenvalue weighted by molar-refractivity contribution is 7.08. The molecule has 0 saturated heterocycles. The lowest BCUT2D eigenvalue weighted by atomic mass is 9.82. The van der Waals surface area contributed by atoms with Crippen LogP contribution < -0.4 is 4.90 Å². The zero-order chi connectivity index (χ0) is 18.8. The zero-order valence-electron chi connectivity index (χ0n) is 15.4. The van der Waals surface area contributed by atoms with Gasteiger partial charge in [0.25, 0.3) is 0 Å². The number of aromatic carboxylic acids is 1. The number of carboxylic acids is 1. The molecule has 1 amide bonds. The molecule has 2 heterocycles. The van der Waals surface area contributed by atoms with Crippen LogP contribution >= 0.6 is 11.3 Å². The summed E-state index contributed by atoms with van der Waals surface area (Å²) in [6.07, 6.45) is 5.29. The Morgan fingerprint density at radius 1 is 1.31 bits per heavy atom. The van der Waals surface area contributed by atoms with E-state index in [1.54, 1.807) is 9.58 Å². The van der Waals surface area contributed by atoms with Gasteiger partial charge in [-0.25, -0.2) is 9.48 Å². The van der Waals surface area contributed by atoms with E-state index in [0.717, 1.165) is 31.4 Å². The topological polar surface area (TPSA) is 75.4 Å². The predicted octanol–water partition coefficient (Wildman–Crippen LogP) is 4.20. The van der Waals surface area contributed by atoms with Crippen molar-refractivity contribution >= 4 is 29.0 Å². The highest BCUT2D eigenvalue weighted by Gasteiger charge is 2.34. The molecular formula is C19H25N3O3S. The van der Waals surface area contributed by atoms with Crippen molar-refractivity contribution in [3.05, 3.63) is 28.6 Å². The molecule has 0 aromatic carbocycles. The van der Waals surface area contributed by atoms with Gasteiger partial charge in [-0.1, -0.05) is 6.92 Å². The number of carboxylic acid groups (broad SMARTS) is 1. The van der Waals surface area contributed by atoms with E-state index in [1.165, 1.54) is 17.5 Å². The Labute approximate surface area is 157 Å². The number of carbonyl (C=O) groups excluding carboxylic acids is 1. The number of hydrogen-bond acceptors (Lipinski definition) is 4. The molecule has 1 aliphatic rings. The van der Waals surface area contributed by atoms with Crippen molar-refractivity contribution in [2.75, 3.05) is 4.90 Å². The third-order valence-corrected chi connectivity index (χ3v) is 5.71. The van der Waals surface area contributed by atoms with Crippen molar-refractivity contribution in [3.8, 4) is 5.69 Å². The van der Waals surface area contributed by atoms with Crippen molar-refractivity contribution in [1.82, 2.24) is 9.78 Å². The molecule has 2 aromatic rings. The molecule has 1 aliphatic carbocycles. The van der Waals surface area contributed by atoms with E-state index in [1.807, 2.05) is 30.7 Å². The van der Waals surface area contributed by atoms with E-state index < -0.39 is 5.97 Å². The molecule has 0 atom stereocenters. The summed E-state index contributed by atoms with van der Waals surface area (Å²) in [4.78, 5) is 26.6. The number of anilines is 1. The van der Waals surface area contributed by atoms with E-state index in [-0.39, 0.29) is 29.2 Å². The number of nitrogens with zero attached hydrogens (tertiary/aromatic N) is 3. The fourth-order valence-corrected chi connectivity index (χ4v) is 4.14. The molecule has 1 N–H and O–H groups in total. The van der Waals surface area contributed by atoms with E-state index in [9.17, 15) is 14.7 Å². The van der Waals surface area contributed by atoms with Crippen LogP contribution in [0.5, 0.6) is 0 Å². The van der Waals surface area contributed by atoms with Gasteiger partial charge in [-0.15, -0.1) is 5.10 Å². The van der Waals surface area contributed by atoms with Crippen molar-refractivity contribution < 1.29 is 14.7 Å². The third-order valence-electron chi connectivity index (χ3n) is 5.04. The van der Waals surface area contributed by atoms with Gasteiger partial charge in [0.15, 0.2) is 5.82 Å². The maximum absolute atomic E-state index is 13.2. The number of amides is 1. The molecule has 0 unspecified atom stereocenters. The summed E-state index contributed by atoms with van der Waals surface area (Å²) < 4.78 is 1.54. The second-order valence-corrected chi connectivity index (χ2v) is 8.14. The van der Waals surface area contributed by atoms with Gasteiger partial charge in [0.05, 0.1) is 5.69 Å². The maximum Gasteiger partial charge on any atom is 0.341 e. The number of rotatable bonds is 5. The Bertz CT molecular complexity index is 774. The van der Waals surface area contributed by atoms with Crippen molar-refractivity contribution in [2.24, 2.45) is 11.8 Å². The second kappa shape index (κ2) is 7.61. The Balaban J connectivity index is 1.97. The first-order valence-corrected chi connectivity index (χ1v) is 10.0. The Hall–Kier alpha value is -2.15. The fraction of sp³-hybridized carbons (Fsp3) is 0.526. The molecule has 0 radical (unpaired) electrons. The van der Waals surface area contributed by atoms with Gasteiger partial charge in [-0.2, -0.15) is 11.3 Å². The molecule has 0 aliphatic heterocycles. The summed E-state index contributed by atoms with van der Waals surface area (Å²) in [7, 11) is 0. The molecule has 140 valence electrons. The first-order valence-electron chi connectivity index (χ1n) is 9.07. The average molecular weight is 375 g/mol. The van der Waals surface area contributed by atoms with Crippen molar-refractivity contribution in [2.45, 2.75) is 52.5 Å². The normalized spacial score (nSPS) is 20.3. The molecule has 1 fully saturated rings. The van der Waals surface area contributed by atoms with E-state index in [0.29, 0.717) is 5.92 Å². The summed E-state index contributed by atoms with van der Waals surface area (Å²) in [6, 6.07) is 1.71. The number of carbonyl (C=O) groups is 2. The van der Waals surface area contributed by atoms with E-state index >= 15 is 0 Å². The Kier molecular flexibility index (Phi) is 5.46. The van der Waals surface area contributed by atoms with Crippen LogP contribution in [0.3, 0.4) is 0 Å². The minimum absolute atomic E-state index is 0.00929. The highest BCUT2D eigenvalue weighted by Crippen LogP contribution is 2.32. The van der Waals surface area contributed by atoms with Gasteiger partial charge in [0.2, 0.25) is 5.91 Å².